The van der Waals surface area contributed by atoms with Crippen LogP contribution >= 0.6 is 0 Å². The number of aromatic nitrogens is 3. The number of fused-ring (bicyclic) bond motifs is 2. The van der Waals surface area contributed by atoms with Crippen LogP contribution in [0, 0.1) is 0 Å². The lowest BCUT2D eigenvalue weighted by Gasteiger charge is -2.13. The monoisotopic (exact) mass is 955 g/mol. The summed E-state index contributed by atoms with van der Waals surface area (Å²) in [5, 5.41) is 9.48. The molecule has 0 saturated carbocycles. The highest BCUT2D eigenvalue weighted by atomic mass is 16.5. The molecule has 362 valence electrons. The van der Waals surface area contributed by atoms with Gasteiger partial charge in [-0.15, -0.1) is 5.10 Å². The molecule has 0 N–H and O–H groups in total. The number of methoxy groups -OCH3 is 1. The molecule has 0 saturated heterocycles. The number of rotatable bonds is 25. The largest absolute Gasteiger partial charge is 0.497 e. The summed E-state index contributed by atoms with van der Waals surface area (Å²) in [4.78, 5) is 27.1. The van der Waals surface area contributed by atoms with Crippen molar-refractivity contribution in [1.29, 1.82) is 0 Å². The predicted molar refractivity (Wildman–Crippen MR) is 270 cm³/mol. The molecule has 14 heteroatoms. The van der Waals surface area contributed by atoms with Crippen molar-refractivity contribution in [2.45, 2.75) is 39.0 Å². The molecule has 0 bridgehead atoms. The van der Waals surface area contributed by atoms with E-state index in [-0.39, 0.29) is 35.6 Å². The molecule has 6 aromatic carbocycles. The molecule has 0 unspecified atom stereocenters. The maximum atomic E-state index is 13.6. The number of benzene rings is 6. The van der Waals surface area contributed by atoms with Gasteiger partial charge in [0, 0.05) is 17.3 Å². The predicted octanol–water partition coefficient (Wildman–Crippen LogP) is 10.5. The molecule has 0 amide bonds. The number of hydrogen-bond donors (Lipinski definition) is 0. The summed E-state index contributed by atoms with van der Waals surface area (Å²) in [6, 6.07) is 46.3. The molecule has 3 aromatic heterocycles. The molecular weight excluding hydrogens is 903 g/mol. The fourth-order valence-corrected chi connectivity index (χ4v) is 7.80. The van der Waals surface area contributed by atoms with E-state index in [1.54, 1.807) is 48.2 Å². The van der Waals surface area contributed by atoms with Crippen LogP contribution in [0.1, 0.15) is 29.7 Å². The molecule has 0 aliphatic carbocycles. The average molecular weight is 956 g/mol. The average Bonchev–Trinajstić information content (AvgIpc) is 3.87. The minimum atomic E-state index is -0.237. The molecule has 9 aromatic rings. The van der Waals surface area contributed by atoms with E-state index in [9.17, 15) is 9.59 Å². The van der Waals surface area contributed by atoms with Gasteiger partial charge in [0.2, 0.25) is 22.4 Å². The zero-order valence-electron chi connectivity index (χ0n) is 39.3. The lowest BCUT2D eigenvalue weighted by atomic mass is 10.1. The van der Waals surface area contributed by atoms with Crippen molar-refractivity contribution in [3.05, 3.63) is 195 Å². The molecule has 14 nitrogen and oxygen atoms in total. The van der Waals surface area contributed by atoms with Gasteiger partial charge in [0.25, 0.3) is 0 Å². The Morgan fingerprint density at radius 3 is 1.69 bits per heavy atom. The minimum Gasteiger partial charge on any atom is -0.497 e. The molecular formula is C57H53N3O11. The van der Waals surface area contributed by atoms with Crippen molar-refractivity contribution in [3.8, 4) is 51.4 Å². The summed E-state index contributed by atoms with van der Waals surface area (Å²) in [6.07, 6.45) is 4.43. The molecule has 0 fully saturated rings. The molecule has 0 radical (unpaired) electrons. The molecule has 0 aliphatic rings. The highest BCUT2D eigenvalue weighted by molar-refractivity contribution is 5.83. The number of aryl methyl sites for hydroxylation is 1. The van der Waals surface area contributed by atoms with E-state index in [0.717, 1.165) is 36.1 Å². The van der Waals surface area contributed by atoms with E-state index < -0.39 is 0 Å². The van der Waals surface area contributed by atoms with Gasteiger partial charge >= 0.3 is 0 Å². The van der Waals surface area contributed by atoms with Gasteiger partial charge in [-0.1, -0.05) is 71.9 Å². The lowest BCUT2D eigenvalue weighted by Crippen LogP contribution is -2.13. The number of unbranched alkanes of at least 4 members (excludes halogenated alkanes) is 1. The van der Waals surface area contributed by atoms with Crippen molar-refractivity contribution >= 4 is 21.9 Å². The van der Waals surface area contributed by atoms with Crippen molar-refractivity contribution in [3.63, 3.8) is 0 Å². The Labute approximate surface area is 409 Å². The van der Waals surface area contributed by atoms with Gasteiger partial charge in [0.15, 0.2) is 11.5 Å². The summed E-state index contributed by atoms with van der Waals surface area (Å²) in [6.45, 7) is 3.60. The standard InChI is InChI=1S/C57H53N3O11/c1-63-47-16-11-14-41(36-47)39-69-57-53(62)49-18-6-8-20-51(49)71-55(57)42-21-25-45(26-22-42)66-30-10-9-15-44-37-60(59-58-44)29-31-64-32-33-65-34-35-67-46-27-23-43(24-28-46)54-56(68-38-40-12-3-2-4-13-40)52(61)48-17-5-7-19-50(48)70-54/h2-8,11-14,16-28,36-37H,9-10,15,29-35,38-39H2,1H3. The van der Waals surface area contributed by atoms with E-state index in [4.69, 9.17) is 42.0 Å². The van der Waals surface area contributed by atoms with Gasteiger partial charge in [0.05, 0.1) is 63.2 Å². The lowest BCUT2D eigenvalue weighted by molar-refractivity contribution is 0.0333. The first-order valence-electron chi connectivity index (χ1n) is 23.5. The second-order valence-corrected chi connectivity index (χ2v) is 16.5. The van der Waals surface area contributed by atoms with E-state index in [2.05, 4.69) is 10.3 Å². The second-order valence-electron chi connectivity index (χ2n) is 16.5. The van der Waals surface area contributed by atoms with Gasteiger partial charge in [0.1, 0.15) is 48.2 Å². The highest BCUT2D eigenvalue weighted by Gasteiger charge is 2.20. The first kappa shape index (κ1) is 47.8. The smallest absolute Gasteiger partial charge is 0.235 e. The van der Waals surface area contributed by atoms with Crippen LogP contribution in [0.2, 0.25) is 0 Å². The Morgan fingerprint density at radius 1 is 0.507 bits per heavy atom. The maximum absolute atomic E-state index is 13.6. The maximum Gasteiger partial charge on any atom is 0.235 e. The summed E-state index contributed by atoms with van der Waals surface area (Å²) in [5.41, 5.74) is 4.62. The van der Waals surface area contributed by atoms with Crippen LogP contribution in [0.4, 0.5) is 0 Å². The fraction of sp³-hybridized carbons (Fsp3) is 0.228. The van der Waals surface area contributed by atoms with Crippen LogP contribution in [-0.2, 0) is 35.7 Å². The van der Waals surface area contributed by atoms with Crippen LogP contribution in [-0.4, -0.2) is 61.7 Å². The van der Waals surface area contributed by atoms with Crippen molar-refractivity contribution in [1.82, 2.24) is 15.0 Å². The van der Waals surface area contributed by atoms with Crippen LogP contribution in [0.3, 0.4) is 0 Å². The van der Waals surface area contributed by atoms with Gasteiger partial charge < -0.3 is 42.0 Å². The Hall–Kier alpha value is -8.20. The van der Waals surface area contributed by atoms with Crippen molar-refractivity contribution in [2.24, 2.45) is 0 Å². The second kappa shape index (κ2) is 23.9. The molecule has 0 atom stereocenters. The Morgan fingerprint density at radius 2 is 1.06 bits per heavy atom. The van der Waals surface area contributed by atoms with Gasteiger partial charge in [-0.2, -0.15) is 0 Å². The third-order valence-electron chi connectivity index (χ3n) is 11.5. The first-order valence-corrected chi connectivity index (χ1v) is 23.5. The fourth-order valence-electron chi connectivity index (χ4n) is 7.80. The molecule has 0 aliphatic heterocycles. The van der Waals surface area contributed by atoms with E-state index in [1.807, 2.05) is 121 Å². The van der Waals surface area contributed by atoms with E-state index >= 15 is 0 Å². The number of ether oxygens (including phenoxy) is 7. The Bertz CT molecular complexity index is 3260. The van der Waals surface area contributed by atoms with Gasteiger partial charge in [-0.3, -0.25) is 9.59 Å². The molecule has 9 rings (SSSR count). The molecule has 0 spiro atoms. The van der Waals surface area contributed by atoms with Gasteiger partial charge in [-0.25, -0.2) is 4.68 Å². The topological polar surface area (TPSA) is 156 Å². The first-order chi connectivity index (χ1) is 35.0. The zero-order valence-corrected chi connectivity index (χ0v) is 39.3. The summed E-state index contributed by atoms with van der Waals surface area (Å²) in [5.74, 6) is 3.11. The third kappa shape index (κ3) is 12.5. The van der Waals surface area contributed by atoms with E-state index in [1.165, 1.54) is 0 Å². The summed E-state index contributed by atoms with van der Waals surface area (Å²) < 4.78 is 55.2. The van der Waals surface area contributed by atoms with Crippen molar-refractivity contribution < 1.29 is 42.0 Å². The summed E-state index contributed by atoms with van der Waals surface area (Å²) in [7, 11) is 1.61. The number of hydrogen-bond acceptors (Lipinski definition) is 13. The SMILES string of the molecule is COc1cccc(COc2c(-c3ccc(OCCCCc4cn(CCOCCOCCOc5ccc(-c6oc7ccccc7c(=O)c6OCc6ccccc6)cc5)nn4)cc3)oc3ccccc3c2=O)c1. The van der Waals surface area contributed by atoms with Crippen LogP contribution in [0.15, 0.2) is 176 Å². The van der Waals surface area contributed by atoms with Crippen LogP contribution in [0.5, 0.6) is 28.7 Å². The third-order valence-corrected chi connectivity index (χ3v) is 11.5. The Balaban J connectivity index is 0.653. The molecule has 3 heterocycles. The summed E-state index contributed by atoms with van der Waals surface area (Å²) >= 11 is 0. The Kier molecular flexibility index (Phi) is 16.1. The van der Waals surface area contributed by atoms with Crippen molar-refractivity contribution in [2.75, 3.05) is 46.8 Å². The molecule has 71 heavy (non-hydrogen) atoms. The van der Waals surface area contributed by atoms with Crippen LogP contribution in [0.25, 0.3) is 44.6 Å². The quantitative estimate of drug-likeness (QED) is 0.0499. The minimum absolute atomic E-state index is 0.146. The number of para-hydroxylation sites is 2. The number of nitrogens with zero attached hydrogens (tertiary/aromatic N) is 3. The van der Waals surface area contributed by atoms with E-state index in [0.29, 0.717) is 108 Å². The van der Waals surface area contributed by atoms with Crippen LogP contribution < -0.4 is 34.5 Å². The zero-order chi connectivity index (χ0) is 48.6. The van der Waals surface area contributed by atoms with Gasteiger partial charge in [-0.05, 0) is 115 Å². The normalized spacial score (nSPS) is 11.2. The highest BCUT2D eigenvalue weighted by Crippen LogP contribution is 2.34.